The number of carbonyl (C=O) groups excluding carboxylic acids is 3. The zero-order chi connectivity index (χ0) is 18.4. The van der Waals surface area contributed by atoms with Crippen LogP contribution < -0.4 is 5.32 Å². The zero-order valence-electron chi connectivity index (χ0n) is 14.4. The Kier molecular flexibility index (Phi) is 5.80. The monoisotopic (exact) mass is 355 g/mol. The number of ether oxygens (including phenoxy) is 1. The van der Waals surface area contributed by atoms with Crippen molar-refractivity contribution in [1.82, 2.24) is 14.8 Å². The van der Waals surface area contributed by atoms with Crippen molar-refractivity contribution in [2.45, 2.75) is 12.8 Å². The summed E-state index contributed by atoms with van der Waals surface area (Å²) in [5.74, 6) is -0.455. The first-order chi connectivity index (χ1) is 12.6. The van der Waals surface area contributed by atoms with Gasteiger partial charge in [-0.1, -0.05) is 0 Å². The number of carbonyl (C=O) groups is 3. The molecular formula is C19H21N3O4. The summed E-state index contributed by atoms with van der Waals surface area (Å²) in [5, 5.41) is 2.78. The molecule has 0 atom stereocenters. The lowest BCUT2D eigenvalue weighted by Crippen LogP contribution is -2.33. The molecule has 1 aliphatic heterocycles. The minimum atomic E-state index is -0.169. The van der Waals surface area contributed by atoms with Gasteiger partial charge in [0.25, 0.3) is 5.91 Å². The van der Waals surface area contributed by atoms with Crippen molar-refractivity contribution in [3.63, 3.8) is 0 Å². The van der Waals surface area contributed by atoms with Gasteiger partial charge in [-0.2, -0.15) is 0 Å². The van der Waals surface area contributed by atoms with Crippen LogP contribution in [0.3, 0.4) is 0 Å². The standard InChI is InChI=1S/C19H21N3O4/c23-17-7-8-18(24)22(17)12-14-26-13-9-20-19(25)15-3-5-16(6-4-15)21-10-1-2-11-21/h1-6,10-11H,7-9,12-14H2,(H,20,25). The number of nitrogens with zero attached hydrogens (tertiary/aromatic N) is 2. The van der Waals surface area contributed by atoms with Crippen LogP contribution in [0.1, 0.15) is 23.2 Å². The third kappa shape index (κ3) is 4.37. The van der Waals surface area contributed by atoms with Crippen molar-refractivity contribution >= 4 is 17.7 Å². The predicted octanol–water partition coefficient (Wildman–Crippen LogP) is 1.37. The molecule has 136 valence electrons. The van der Waals surface area contributed by atoms with E-state index < -0.39 is 0 Å². The molecule has 1 aromatic heterocycles. The summed E-state index contributed by atoms with van der Waals surface area (Å²) in [7, 11) is 0. The Bertz CT molecular complexity index is 753. The lowest BCUT2D eigenvalue weighted by Gasteiger charge is -2.13. The highest BCUT2D eigenvalue weighted by Crippen LogP contribution is 2.11. The van der Waals surface area contributed by atoms with E-state index >= 15 is 0 Å². The second kappa shape index (κ2) is 8.44. The fourth-order valence-electron chi connectivity index (χ4n) is 2.76. The van der Waals surface area contributed by atoms with Gasteiger partial charge in [0.15, 0.2) is 0 Å². The number of nitrogens with one attached hydrogen (secondary N) is 1. The summed E-state index contributed by atoms with van der Waals surface area (Å²) in [4.78, 5) is 36.2. The summed E-state index contributed by atoms with van der Waals surface area (Å²) >= 11 is 0. The summed E-state index contributed by atoms with van der Waals surface area (Å²) in [6.07, 6.45) is 4.46. The van der Waals surface area contributed by atoms with Gasteiger partial charge in [0.05, 0.1) is 19.8 Å². The maximum atomic E-state index is 12.1. The maximum absolute atomic E-state index is 12.1. The Morgan fingerprint density at radius 3 is 2.31 bits per heavy atom. The number of benzene rings is 1. The summed E-state index contributed by atoms with van der Waals surface area (Å²) in [6.45, 7) is 1.23. The van der Waals surface area contributed by atoms with Crippen molar-refractivity contribution in [2.75, 3.05) is 26.3 Å². The largest absolute Gasteiger partial charge is 0.378 e. The Balaban J connectivity index is 1.35. The highest BCUT2D eigenvalue weighted by molar-refractivity contribution is 6.01. The van der Waals surface area contributed by atoms with E-state index in [2.05, 4.69) is 5.32 Å². The van der Waals surface area contributed by atoms with Crippen LogP contribution in [0, 0.1) is 0 Å². The van der Waals surface area contributed by atoms with Crippen molar-refractivity contribution in [3.8, 4) is 5.69 Å². The van der Waals surface area contributed by atoms with Crippen molar-refractivity contribution in [1.29, 1.82) is 0 Å². The average molecular weight is 355 g/mol. The summed E-state index contributed by atoms with van der Waals surface area (Å²) < 4.78 is 7.35. The molecule has 1 N–H and O–H groups in total. The van der Waals surface area contributed by atoms with Crippen LogP contribution in [0.5, 0.6) is 0 Å². The first kappa shape index (κ1) is 17.9. The molecule has 26 heavy (non-hydrogen) atoms. The lowest BCUT2D eigenvalue weighted by atomic mass is 10.2. The molecule has 0 unspecified atom stereocenters. The third-order valence-corrected chi connectivity index (χ3v) is 4.18. The van der Waals surface area contributed by atoms with Gasteiger partial charge in [0, 0.05) is 43.0 Å². The van der Waals surface area contributed by atoms with Gasteiger partial charge in [-0.25, -0.2) is 0 Å². The average Bonchev–Trinajstić information content (AvgIpc) is 3.29. The van der Waals surface area contributed by atoms with Crippen LogP contribution in [0.4, 0.5) is 0 Å². The van der Waals surface area contributed by atoms with Gasteiger partial charge in [-0.3, -0.25) is 19.3 Å². The molecule has 0 bridgehead atoms. The van der Waals surface area contributed by atoms with E-state index in [1.165, 1.54) is 4.90 Å². The number of amides is 3. The molecule has 1 saturated heterocycles. The molecule has 0 aliphatic carbocycles. The number of hydrogen-bond donors (Lipinski definition) is 1. The maximum Gasteiger partial charge on any atom is 0.251 e. The van der Waals surface area contributed by atoms with Crippen LogP contribution in [0.25, 0.3) is 5.69 Å². The van der Waals surface area contributed by atoms with Crippen LogP contribution in [0.2, 0.25) is 0 Å². The predicted molar refractivity (Wildman–Crippen MR) is 94.9 cm³/mol. The first-order valence-electron chi connectivity index (χ1n) is 8.58. The van der Waals surface area contributed by atoms with E-state index in [4.69, 9.17) is 4.74 Å². The molecule has 1 aromatic carbocycles. The zero-order valence-corrected chi connectivity index (χ0v) is 14.4. The SMILES string of the molecule is O=C(NCCOCCN1C(=O)CCC1=O)c1ccc(-n2cccc2)cc1. The van der Waals surface area contributed by atoms with E-state index in [1.54, 1.807) is 12.1 Å². The second-order valence-corrected chi connectivity index (χ2v) is 5.94. The number of aromatic nitrogens is 1. The topological polar surface area (TPSA) is 80.6 Å². The first-order valence-corrected chi connectivity index (χ1v) is 8.58. The lowest BCUT2D eigenvalue weighted by molar-refractivity contribution is -0.139. The van der Waals surface area contributed by atoms with E-state index in [1.807, 2.05) is 41.2 Å². The normalized spacial score (nSPS) is 14.1. The number of rotatable bonds is 8. The Hall–Kier alpha value is -2.93. The highest BCUT2D eigenvalue weighted by atomic mass is 16.5. The van der Waals surface area contributed by atoms with Crippen LogP contribution in [-0.2, 0) is 14.3 Å². The van der Waals surface area contributed by atoms with E-state index in [9.17, 15) is 14.4 Å². The summed E-state index contributed by atoms with van der Waals surface area (Å²) in [5.41, 5.74) is 1.56. The number of hydrogen-bond acceptors (Lipinski definition) is 4. The van der Waals surface area contributed by atoms with Gasteiger partial charge in [0.2, 0.25) is 11.8 Å². The minimum Gasteiger partial charge on any atom is -0.378 e. The molecule has 1 fully saturated rings. The molecular weight excluding hydrogens is 334 g/mol. The molecule has 7 heteroatoms. The van der Waals surface area contributed by atoms with E-state index in [-0.39, 0.29) is 43.7 Å². The fourth-order valence-corrected chi connectivity index (χ4v) is 2.76. The van der Waals surface area contributed by atoms with Crippen molar-refractivity contribution < 1.29 is 19.1 Å². The van der Waals surface area contributed by atoms with Crippen molar-refractivity contribution in [2.24, 2.45) is 0 Å². The van der Waals surface area contributed by atoms with Crippen molar-refractivity contribution in [3.05, 3.63) is 54.4 Å². The molecule has 1 aliphatic rings. The molecule has 7 nitrogen and oxygen atoms in total. The minimum absolute atomic E-state index is 0.143. The van der Waals surface area contributed by atoms with Crippen LogP contribution in [-0.4, -0.2) is 53.5 Å². The molecule has 3 rings (SSSR count). The molecule has 0 radical (unpaired) electrons. The van der Waals surface area contributed by atoms with Gasteiger partial charge in [-0.15, -0.1) is 0 Å². The van der Waals surface area contributed by atoms with Gasteiger partial charge >= 0.3 is 0 Å². The molecule has 0 saturated carbocycles. The second-order valence-electron chi connectivity index (χ2n) is 5.94. The smallest absolute Gasteiger partial charge is 0.251 e. The fraction of sp³-hybridized carbons (Fsp3) is 0.316. The molecule has 2 aromatic rings. The number of imide groups is 1. The Morgan fingerprint density at radius 2 is 1.65 bits per heavy atom. The van der Waals surface area contributed by atoms with Crippen LogP contribution in [0.15, 0.2) is 48.8 Å². The highest BCUT2D eigenvalue weighted by Gasteiger charge is 2.28. The molecule has 2 heterocycles. The Labute approximate surface area is 151 Å². The van der Waals surface area contributed by atoms with Gasteiger partial charge < -0.3 is 14.6 Å². The van der Waals surface area contributed by atoms with Gasteiger partial charge in [-0.05, 0) is 36.4 Å². The Morgan fingerprint density at radius 1 is 1.00 bits per heavy atom. The molecule has 0 spiro atoms. The van der Waals surface area contributed by atoms with Crippen LogP contribution >= 0.6 is 0 Å². The molecule has 3 amide bonds. The third-order valence-electron chi connectivity index (χ3n) is 4.18. The van der Waals surface area contributed by atoms with Gasteiger partial charge in [0.1, 0.15) is 0 Å². The van der Waals surface area contributed by atoms with E-state index in [0.717, 1.165) is 5.69 Å². The number of likely N-dealkylation sites (tertiary alicyclic amines) is 1. The van der Waals surface area contributed by atoms with E-state index in [0.29, 0.717) is 18.7 Å². The summed E-state index contributed by atoms with van der Waals surface area (Å²) in [6, 6.07) is 11.2. The quantitative estimate of drug-likeness (QED) is 0.573.